The average Bonchev–Trinajstić information content (AvgIpc) is 2.39. The molecular weight excluding hydrogens is 230 g/mol. The third-order valence-electron chi connectivity index (χ3n) is 2.82. The molecule has 5 nitrogen and oxygen atoms in total. The van der Waals surface area contributed by atoms with Crippen molar-refractivity contribution >= 4 is 17.3 Å². The van der Waals surface area contributed by atoms with Crippen LogP contribution in [0.15, 0.2) is 18.2 Å². The summed E-state index contributed by atoms with van der Waals surface area (Å²) in [5.74, 6) is -0.358. The highest BCUT2D eigenvalue weighted by Gasteiger charge is 2.08. The fourth-order valence-corrected chi connectivity index (χ4v) is 1.49. The van der Waals surface area contributed by atoms with E-state index in [-0.39, 0.29) is 5.97 Å². The molecule has 0 heterocycles. The summed E-state index contributed by atoms with van der Waals surface area (Å²) in [6.07, 6.45) is 0. The minimum Gasteiger partial charge on any atom is -0.465 e. The van der Waals surface area contributed by atoms with Crippen LogP contribution in [-0.2, 0) is 4.74 Å². The van der Waals surface area contributed by atoms with Crippen LogP contribution in [0.4, 0.5) is 11.4 Å². The molecular formula is C13H21N3O2. The summed E-state index contributed by atoms with van der Waals surface area (Å²) in [6.45, 7) is 4.79. The molecule has 0 amide bonds. The Bertz CT molecular complexity index is 407. The van der Waals surface area contributed by atoms with Crippen LogP contribution in [0.2, 0.25) is 0 Å². The molecule has 0 saturated carbocycles. The average molecular weight is 251 g/mol. The maximum Gasteiger partial charge on any atom is 0.337 e. The quantitative estimate of drug-likeness (QED) is 0.591. The first-order chi connectivity index (χ1) is 8.58. The molecule has 1 aromatic carbocycles. The zero-order valence-corrected chi connectivity index (χ0v) is 11.2. The van der Waals surface area contributed by atoms with Crippen molar-refractivity contribution in [3.8, 4) is 0 Å². The van der Waals surface area contributed by atoms with Crippen LogP contribution in [0.3, 0.4) is 0 Å². The summed E-state index contributed by atoms with van der Waals surface area (Å²) in [4.78, 5) is 13.6. The summed E-state index contributed by atoms with van der Waals surface area (Å²) in [6, 6.07) is 5.08. The summed E-state index contributed by atoms with van der Waals surface area (Å²) < 4.78 is 4.68. The molecule has 0 aromatic heterocycles. The maximum absolute atomic E-state index is 11.4. The van der Waals surface area contributed by atoms with Crippen molar-refractivity contribution in [1.82, 2.24) is 4.90 Å². The number of rotatable bonds is 6. The van der Waals surface area contributed by atoms with Crippen molar-refractivity contribution in [2.24, 2.45) is 0 Å². The topological polar surface area (TPSA) is 67.6 Å². The monoisotopic (exact) mass is 251 g/mol. The van der Waals surface area contributed by atoms with Crippen molar-refractivity contribution in [3.05, 3.63) is 23.8 Å². The highest BCUT2D eigenvalue weighted by Crippen LogP contribution is 2.20. The first-order valence-electron chi connectivity index (χ1n) is 5.98. The molecule has 5 heteroatoms. The SMILES string of the molecule is CCN(C)CCNc1cc(C(=O)OC)ccc1N. The van der Waals surface area contributed by atoms with Crippen LogP contribution in [0, 0.1) is 0 Å². The van der Waals surface area contributed by atoms with E-state index in [2.05, 4.69) is 28.9 Å². The van der Waals surface area contributed by atoms with E-state index in [9.17, 15) is 4.79 Å². The second kappa shape index (κ2) is 6.86. The van der Waals surface area contributed by atoms with Gasteiger partial charge in [0.25, 0.3) is 0 Å². The second-order valence-electron chi connectivity index (χ2n) is 4.12. The van der Waals surface area contributed by atoms with E-state index in [1.807, 2.05) is 0 Å². The van der Waals surface area contributed by atoms with Crippen LogP contribution in [0.1, 0.15) is 17.3 Å². The number of carbonyl (C=O) groups is 1. The Morgan fingerprint density at radius 1 is 1.50 bits per heavy atom. The number of nitrogens with one attached hydrogen (secondary N) is 1. The van der Waals surface area contributed by atoms with E-state index in [1.165, 1.54) is 7.11 Å². The Morgan fingerprint density at radius 2 is 2.22 bits per heavy atom. The smallest absolute Gasteiger partial charge is 0.337 e. The fraction of sp³-hybridized carbons (Fsp3) is 0.462. The number of esters is 1. The van der Waals surface area contributed by atoms with E-state index < -0.39 is 0 Å². The molecule has 0 aliphatic carbocycles. The molecule has 0 radical (unpaired) electrons. The number of methoxy groups -OCH3 is 1. The molecule has 3 N–H and O–H groups in total. The fourth-order valence-electron chi connectivity index (χ4n) is 1.49. The van der Waals surface area contributed by atoms with Gasteiger partial charge < -0.3 is 20.7 Å². The molecule has 0 aliphatic rings. The van der Waals surface area contributed by atoms with Gasteiger partial charge in [0.1, 0.15) is 0 Å². The van der Waals surface area contributed by atoms with Crippen LogP contribution >= 0.6 is 0 Å². The lowest BCUT2D eigenvalue weighted by atomic mass is 10.1. The van der Waals surface area contributed by atoms with E-state index in [1.54, 1.807) is 18.2 Å². The Hall–Kier alpha value is -1.75. The van der Waals surface area contributed by atoms with Gasteiger partial charge in [-0.3, -0.25) is 0 Å². The minimum absolute atomic E-state index is 0.358. The van der Waals surface area contributed by atoms with Gasteiger partial charge in [-0.15, -0.1) is 0 Å². The molecule has 0 spiro atoms. The molecule has 0 aliphatic heterocycles. The zero-order chi connectivity index (χ0) is 13.5. The van der Waals surface area contributed by atoms with Gasteiger partial charge >= 0.3 is 5.97 Å². The van der Waals surface area contributed by atoms with Gasteiger partial charge in [0.2, 0.25) is 0 Å². The Kier molecular flexibility index (Phi) is 5.45. The lowest BCUT2D eigenvalue weighted by Crippen LogP contribution is -2.25. The molecule has 0 atom stereocenters. The number of anilines is 2. The van der Waals surface area contributed by atoms with Crippen molar-refractivity contribution < 1.29 is 9.53 Å². The molecule has 0 unspecified atom stereocenters. The largest absolute Gasteiger partial charge is 0.465 e. The van der Waals surface area contributed by atoms with E-state index in [0.29, 0.717) is 11.3 Å². The van der Waals surface area contributed by atoms with Crippen molar-refractivity contribution in [1.29, 1.82) is 0 Å². The second-order valence-corrected chi connectivity index (χ2v) is 4.12. The lowest BCUT2D eigenvalue weighted by molar-refractivity contribution is 0.0601. The summed E-state index contributed by atoms with van der Waals surface area (Å²) in [5, 5.41) is 3.22. The normalized spacial score (nSPS) is 10.4. The van der Waals surface area contributed by atoms with E-state index in [0.717, 1.165) is 25.3 Å². The number of hydrogen-bond donors (Lipinski definition) is 2. The third-order valence-corrected chi connectivity index (χ3v) is 2.82. The minimum atomic E-state index is -0.358. The predicted molar refractivity (Wildman–Crippen MR) is 73.9 cm³/mol. The van der Waals surface area contributed by atoms with Gasteiger partial charge in [0.15, 0.2) is 0 Å². The molecule has 18 heavy (non-hydrogen) atoms. The van der Waals surface area contributed by atoms with Crippen LogP contribution in [0.25, 0.3) is 0 Å². The number of ether oxygens (including phenoxy) is 1. The number of nitrogens with zero attached hydrogens (tertiary/aromatic N) is 1. The highest BCUT2D eigenvalue weighted by atomic mass is 16.5. The molecule has 0 saturated heterocycles. The lowest BCUT2D eigenvalue weighted by Gasteiger charge is -2.16. The number of likely N-dealkylation sites (N-methyl/N-ethyl adjacent to an activating group) is 1. The number of benzene rings is 1. The van der Waals surface area contributed by atoms with Crippen molar-refractivity contribution in [2.45, 2.75) is 6.92 Å². The van der Waals surface area contributed by atoms with Crippen molar-refractivity contribution in [2.75, 3.05) is 44.8 Å². The number of hydrogen-bond acceptors (Lipinski definition) is 5. The van der Waals surface area contributed by atoms with Crippen molar-refractivity contribution in [3.63, 3.8) is 0 Å². The number of nitrogens with two attached hydrogens (primary N) is 1. The van der Waals surface area contributed by atoms with Gasteiger partial charge in [-0.25, -0.2) is 4.79 Å². The van der Waals surface area contributed by atoms with Crippen LogP contribution in [0.5, 0.6) is 0 Å². The Morgan fingerprint density at radius 3 is 2.83 bits per heavy atom. The van der Waals surface area contributed by atoms with Gasteiger partial charge in [0.05, 0.1) is 24.0 Å². The molecule has 1 rings (SSSR count). The van der Waals surface area contributed by atoms with Crippen LogP contribution in [-0.4, -0.2) is 44.7 Å². The number of carbonyl (C=O) groups excluding carboxylic acids is 1. The summed E-state index contributed by atoms with van der Waals surface area (Å²) in [5.41, 5.74) is 7.74. The zero-order valence-electron chi connectivity index (χ0n) is 11.2. The van der Waals surface area contributed by atoms with Gasteiger partial charge in [0, 0.05) is 13.1 Å². The third kappa shape index (κ3) is 3.92. The molecule has 0 fully saturated rings. The van der Waals surface area contributed by atoms with Gasteiger partial charge in [-0.1, -0.05) is 6.92 Å². The molecule has 0 bridgehead atoms. The van der Waals surface area contributed by atoms with Crippen LogP contribution < -0.4 is 11.1 Å². The van der Waals surface area contributed by atoms with Gasteiger partial charge in [-0.2, -0.15) is 0 Å². The maximum atomic E-state index is 11.4. The molecule has 100 valence electrons. The van der Waals surface area contributed by atoms with E-state index >= 15 is 0 Å². The summed E-state index contributed by atoms with van der Waals surface area (Å²) in [7, 11) is 3.41. The number of nitrogen functional groups attached to an aromatic ring is 1. The standard InChI is InChI=1S/C13H21N3O2/c1-4-16(2)8-7-15-12-9-10(13(17)18-3)5-6-11(12)14/h5-6,9,15H,4,7-8,14H2,1-3H3. The first kappa shape index (κ1) is 14.3. The Labute approximate surface area is 108 Å². The molecule has 1 aromatic rings. The predicted octanol–water partition coefficient (Wildman–Crippen LogP) is 1.42. The van der Waals surface area contributed by atoms with Gasteiger partial charge in [-0.05, 0) is 31.8 Å². The first-order valence-corrected chi connectivity index (χ1v) is 5.98. The highest BCUT2D eigenvalue weighted by molar-refractivity contribution is 5.91. The van der Waals surface area contributed by atoms with E-state index in [4.69, 9.17) is 5.73 Å². The Balaban J connectivity index is 2.66. The summed E-state index contributed by atoms with van der Waals surface area (Å²) >= 11 is 0.